The van der Waals surface area contributed by atoms with E-state index in [9.17, 15) is 19.2 Å². The standard InChI is InChI=1S/C26H24N2O7/c1-13-15(3)34-20-11-21-18(9-17(13)20)14(2)19(26(33)35-21)10-22(29)28-24(16-7-5-4-6-8-16)25(32)27-12-23(30)31/h4-9,11,24H,10,12H2,1-3H3,(H,27,32)(H,28,29)(H,30,31)/t24-/m0/s1. The van der Waals surface area contributed by atoms with Gasteiger partial charge in [0.2, 0.25) is 11.8 Å². The molecule has 2 amide bonds. The average molecular weight is 476 g/mol. The largest absolute Gasteiger partial charge is 0.480 e. The van der Waals surface area contributed by atoms with Crippen LogP contribution in [0, 0.1) is 20.8 Å². The van der Waals surface area contributed by atoms with Crippen LogP contribution in [-0.2, 0) is 20.8 Å². The number of aliphatic carboxylic acids is 1. The number of amides is 2. The van der Waals surface area contributed by atoms with Crippen molar-refractivity contribution in [2.24, 2.45) is 0 Å². The van der Waals surface area contributed by atoms with Crippen LogP contribution in [0.15, 0.2) is 56.1 Å². The molecule has 9 nitrogen and oxygen atoms in total. The first-order valence-electron chi connectivity index (χ1n) is 11.0. The van der Waals surface area contributed by atoms with Crippen molar-refractivity contribution in [1.29, 1.82) is 0 Å². The monoisotopic (exact) mass is 476 g/mol. The summed E-state index contributed by atoms with van der Waals surface area (Å²) in [5.74, 6) is -1.71. The molecule has 3 N–H and O–H groups in total. The molecule has 0 unspecified atom stereocenters. The van der Waals surface area contributed by atoms with Gasteiger partial charge in [0, 0.05) is 16.8 Å². The molecule has 0 spiro atoms. The van der Waals surface area contributed by atoms with Crippen LogP contribution in [0.1, 0.15) is 34.1 Å². The predicted octanol–water partition coefficient (Wildman–Crippen LogP) is 3.07. The summed E-state index contributed by atoms with van der Waals surface area (Å²) >= 11 is 0. The van der Waals surface area contributed by atoms with Gasteiger partial charge in [-0.2, -0.15) is 0 Å². The van der Waals surface area contributed by atoms with E-state index in [4.69, 9.17) is 13.9 Å². The fourth-order valence-electron chi connectivity index (χ4n) is 4.01. The first-order chi connectivity index (χ1) is 16.7. The number of benzene rings is 2. The normalized spacial score (nSPS) is 12.0. The van der Waals surface area contributed by atoms with Crippen LogP contribution in [0.4, 0.5) is 0 Å². The molecule has 9 heteroatoms. The number of nitrogens with one attached hydrogen (secondary N) is 2. The summed E-state index contributed by atoms with van der Waals surface area (Å²) in [6.45, 7) is 4.94. The van der Waals surface area contributed by atoms with E-state index in [0.717, 1.165) is 16.7 Å². The predicted molar refractivity (Wildman–Crippen MR) is 128 cm³/mol. The highest BCUT2D eigenvalue weighted by atomic mass is 16.4. The van der Waals surface area contributed by atoms with Gasteiger partial charge in [-0.05, 0) is 43.5 Å². The van der Waals surface area contributed by atoms with E-state index in [2.05, 4.69) is 10.6 Å². The number of fused-ring (bicyclic) bond motifs is 2. The number of carboxylic acid groups (broad SMARTS) is 1. The molecule has 180 valence electrons. The maximum atomic E-state index is 12.9. The first-order valence-corrected chi connectivity index (χ1v) is 11.0. The molecule has 1 atom stereocenters. The Balaban J connectivity index is 1.65. The summed E-state index contributed by atoms with van der Waals surface area (Å²) in [6.07, 6.45) is -0.318. The zero-order valence-corrected chi connectivity index (χ0v) is 19.4. The van der Waals surface area contributed by atoms with Crippen LogP contribution < -0.4 is 16.3 Å². The van der Waals surface area contributed by atoms with Crippen molar-refractivity contribution in [1.82, 2.24) is 10.6 Å². The molecule has 4 aromatic rings. The lowest BCUT2D eigenvalue weighted by molar-refractivity contribution is -0.138. The summed E-state index contributed by atoms with van der Waals surface area (Å²) in [5.41, 5.74) is 2.52. The van der Waals surface area contributed by atoms with Crippen molar-refractivity contribution >= 4 is 39.7 Å². The number of hydrogen-bond donors (Lipinski definition) is 3. The highest BCUT2D eigenvalue weighted by molar-refractivity contribution is 5.97. The second-order valence-corrected chi connectivity index (χ2v) is 8.32. The Morgan fingerprint density at radius 2 is 1.60 bits per heavy atom. The van der Waals surface area contributed by atoms with Gasteiger partial charge >= 0.3 is 11.6 Å². The Labute approximate surface area is 199 Å². The Bertz CT molecular complexity index is 1520. The number of furan rings is 1. The molecule has 2 aromatic heterocycles. The van der Waals surface area contributed by atoms with Gasteiger partial charge in [0.25, 0.3) is 0 Å². The molecule has 4 rings (SSSR count). The third-order valence-corrected chi connectivity index (χ3v) is 6.03. The number of carboxylic acids is 1. The van der Waals surface area contributed by atoms with Crippen LogP contribution in [-0.4, -0.2) is 29.4 Å². The number of rotatable bonds is 7. The van der Waals surface area contributed by atoms with Crippen molar-refractivity contribution in [3.63, 3.8) is 0 Å². The Morgan fingerprint density at radius 1 is 0.943 bits per heavy atom. The first kappa shape index (κ1) is 23.7. The topological polar surface area (TPSA) is 139 Å². The summed E-state index contributed by atoms with van der Waals surface area (Å²) in [7, 11) is 0. The van der Waals surface area contributed by atoms with Gasteiger partial charge < -0.3 is 24.6 Å². The molecule has 2 heterocycles. The zero-order chi connectivity index (χ0) is 25.3. The second kappa shape index (κ2) is 9.46. The third-order valence-electron chi connectivity index (χ3n) is 6.03. The van der Waals surface area contributed by atoms with Crippen LogP contribution in [0.5, 0.6) is 0 Å². The van der Waals surface area contributed by atoms with Gasteiger partial charge in [0.1, 0.15) is 29.5 Å². The smallest absolute Gasteiger partial charge is 0.340 e. The molecule has 0 aliphatic heterocycles. The number of carbonyl (C=O) groups excluding carboxylic acids is 2. The minimum absolute atomic E-state index is 0.171. The van der Waals surface area contributed by atoms with E-state index in [1.54, 1.807) is 43.3 Å². The van der Waals surface area contributed by atoms with Crippen LogP contribution in [0.25, 0.3) is 21.9 Å². The van der Waals surface area contributed by atoms with Gasteiger partial charge in [-0.25, -0.2) is 4.79 Å². The summed E-state index contributed by atoms with van der Waals surface area (Å²) in [5, 5.41) is 15.3. The highest BCUT2D eigenvalue weighted by Gasteiger charge is 2.25. The lowest BCUT2D eigenvalue weighted by Crippen LogP contribution is -2.42. The molecule has 0 aliphatic carbocycles. The summed E-state index contributed by atoms with van der Waals surface area (Å²) < 4.78 is 11.2. The van der Waals surface area contributed by atoms with Crippen LogP contribution in [0.2, 0.25) is 0 Å². The van der Waals surface area contributed by atoms with Gasteiger partial charge in [-0.1, -0.05) is 30.3 Å². The van der Waals surface area contributed by atoms with Crippen LogP contribution >= 0.6 is 0 Å². The van der Waals surface area contributed by atoms with Crippen molar-refractivity contribution in [3.8, 4) is 0 Å². The van der Waals surface area contributed by atoms with Crippen molar-refractivity contribution in [3.05, 3.63) is 80.9 Å². The van der Waals surface area contributed by atoms with Crippen molar-refractivity contribution < 1.29 is 28.3 Å². The Morgan fingerprint density at radius 3 is 2.29 bits per heavy atom. The van der Waals surface area contributed by atoms with Crippen LogP contribution in [0.3, 0.4) is 0 Å². The molecule has 0 saturated carbocycles. The molecule has 0 radical (unpaired) electrons. The molecule has 0 bridgehead atoms. The molecule has 2 aromatic carbocycles. The molecule has 0 saturated heterocycles. The van der Waals surface area contributed by atoms with E-state index in [1.807, 2.05) is 19.9 Å². The van der Waals surface area contributed by atoms with Crippen molar-refractivity contribution in [2.45, 2.75) is 33.2 Å². The number of hydrogen-bond acceptors (Lipinski definition) is 6. The van der Waals surface area contributed by atoms with E-state index in [0.29, 0.717) is 27.7 Å². The zero-order valence-electron chi connectivity index (χ0n) is 19.4. The molecule has 0 fully saturated rings. The molecule has 0 aliphatic rings. The Kier molecular flexibility index (Phi) is 6.42. The van der Waals surface area contributed by atoms with E-state index in [-0.39, 0.29) is 12.0 Å². The maximum absolute atomic E-state index is 12.9. The van der Waals surface area contributed by atoms with Gasteiger partial charge in [-0.3, -0.25) is 14.4 Å². The van der Waals surface area contributed by atoms with E-state index in [1.165, 1.54) is 0 Å². The summed E-state index contributed by atoms with van der Waals surface area (Å²) in [6, 6.07) is 10.8. The minimum Gasteiger partial charge on any atom is -0.480 e. The highest BCUT2D eigenvalue weighted by Crippen LogP contribution is 2.31. The SMILES string of the molecule is Cc1oc2cc3oc(=O)c(CC(=O)N[C@H](C(=O)NCC(=O)O)c4ccccc4)c(C)c3cc2c1C. The second-order valence-electron chi connectivity index (χ2n) is 8.32. The molecule has 35 heavy (non-hydrogen) atoms. The van der Waals surface area contributed by atoms with Gasteiger partial charge in [0.15, 0.2) is 0 Å². The fourth-order valence-corrected chi connectivity index (χ4v) is 4.01. The maximum Gasteiger partial charge on any atom is 0.340 e. The lowest BCUT2D eigenvalue weighted by atomic mass is 10.0. The quantitative estimate of drug-likeness (QED) is 0.348. The summed E-state index contributed by atoms with van der Waals surface area (Å²) in [4.78, 5) is 49.2. The minimum atomic E-state index is -1.21. The molecular weight excluding hydrogens is 452 g/mol. The van der Waals surface area contributed by atoms with E-state index < -0.39 is 36.0 Å². The fraction of sp³-hybridized carbons (Fsp3) is 0.231. The van der Waals surface area contributed by atoms with Crippen molar-refractivity contribution in [2.75, 3.05) is 6.54 Å². The average Bonchev–Trinajstić information content (AvgIpc) is 3.10. The lowest BCUT2D eigenvalue weighted by Gasteiger charge is -2.18. The Hall–Kier alpha value is -4.40. The number of carbonyl (C=O) groups is 3. The molecular formula is C26H24N2O7. The van der Waals surface area contributed by atoms with E-state index >= 15 is 0 Å². The van der Waals surface area contributed by atoms with Gasteiger partial charge in [-0.15, -0.1) is 0 Å². The number of aryl methyl sites for hydroxylation is 3. The third kappa shape index (κ3) is 4.79. The van der Waals surface area contributed by atoms with Gasteiger partial charge in [0.05, 0.1) is 12.0 Å².